The third-order valence-electron chi connectivity index (χ3n) is 2.33. The van der Waals surface area contributed by atoms with E-state index in [1.165, 1.54) is 6.08 Å². The van der Waals surface area contributed by atoms with Gasteiger partial charge in [0.15, 0.2) is 0 Å². The molecule has 0 aliphatic rings. The van der Waals surface area contributed by atoms with Crippen molar-refractivity contribution in [1.82, 2.24) is 0 Å². The van der Waals surface area contributed by atoms with E-state index in [1.807, 2.05) is 0 Å². The SMILES string of the molecule is CCCCCOC(=O)C=Cc1ccccc1O. The second kappa shape index (κ2) is 7.49. The van der Waals surface area contributed by atoms with Crippen molar-refractivity contribution in [1.29, 1.82) is 0 Å². The highest BCUT2D eigenvalue weighted by Gasteiger charge is 1.98. The fraction of sp³-hybridized carbons (Fsp3) is 0.357. The van der Waals surface area contributed by atoms with Gasteiger partial charge < -0.3 is 9.84 Å². The van der Waals surface area contributed by atoms with Gasteiger partial charge in [0.25, 0.3) is 0 Å². The highest BCUT2D eigenvalue weighted by Crippen LogP contribution is 2.16. The van der Waals surface area contributed by atoms with E-state index in [0.717, 1.165) is 19.3 Å². The fourth-order valence-electron chi connectivity index (χ4n) is 1.36. The molecule has 0 bridgehead atoms. The summed E-state index contributed by atoms with van der Waals surface area (Å²) >= 11 is 0. The molecule has 0 fully saturated rings. The lowest BCUT2D eigenvalue weighted by Gasteiger charge is -2.00. The Balaban J connectivity index is 2.38. The molecule has 0 aromatic heterocycles. The largest absolute Gasteiger partial charge is 0.507 e. The second-order valence-electron chi connectivity index (χ2n) is 3.77. The molecule has 1 rings (SSSR count). The van der Waals surface area contributed by atoms with Crippen molar-refractivity contribution in [2.24, 2.45) is 0 Å². The Morgan fingerprint density at radius 2 is 2.12 bits per heavy atom. The van der Waals surface area contributed by atoms with Crippen LogP contribution in [0.4, 0.5) is 0 Å². The molecule has 17 heavy (non-hydrogen) atoms. The predicted molar refractivity (Wildman–Crippen MR) is 67.6 cm³/mol. The number of phenols is 1. The van der Waals surface area contributed by atoms with Crippen LogP contribution in [0.1, 0.15) is 31.7 Å². The average Bonchev–Trinajstić information content (AvgIpc) is 2.34. The molecular formula is C14H18O3. The number of carbonyl (C=O) groups excluding carboxylic acids is 1. The van der Waals surface area contributed by atoms with Crippen LogP contribution in [0.15, 0.2) is 30.3 Å². The molecule has 0 radical (unpaired) electrons. The fourth-order valence-corrected chi connectivity index (χ4v) is 1.36. The van der Waals surface area contributed by atoms with Gasteiger partial charge >= 0.3 is 5.97 Å². The summed E-state index contributed by atoms with van der Waals surface area (Å²) in [5, 5.41) is 9.47. The molecule has 92 valence electrons. The van der Waals surface area contributed by atoms with E-state index in [4.69, 9.17) is 4.74 Å². The normalized spacial score (nSPS) is 10.6. The Bertz CT molecular complexity index is 383. The van der Waals surface area contributed by atoms with Crippen molar-refractivity contribution >= 4 is 12.0 Å². The lowest BCUT2D eigenvalue weighted by Crippen LogP contribution is -2.01. The number of rotatable bonds is 6. The van der Waals surface area contributed by atoms with E-state index in [1.54, 1.807) is 30.3 Å². The minimum Gasteiger partial charge on any atom is -0.507 e. The van der Waals surface area contributed by atoms with Gasteiger partial charge in [-0.2, -0.15) is 0 Å². The number of hydrogen-bond donors (Lipinski definition) is 1. The lowest BCUT2D eigenvalue weighted by atomic mass is 10.2. The first-order chi connectivity index (χ1) is 8.24. The lowest BCUT2D eigenvalue weighted by molar-refractivity contribution is -0.137. The maximum atomic E-state index is 11.3. The third-order valence-corrected chi connectivity index (χ3v) is 2.33. The Morgan fingerprint density at radius 3 is 2.82 bits per heavy atom. The first-order valence-electron chi connectivity index (χ1n) is 5.87. The van der Waals surface area contributed by atoms with Crippen molar-refractivity contribution in [3.05, 3.63) is 35.9 Å². The number of unbranched alkanes of at least 4 members (excludes halogenated alkanes) is 2. The Hall–Kier alpha value is -1.77. The molecule has 0 amide bonds. The van der Waals surface area contributed by atoms with Gasteiger partial charge in [0.05, 0.1) is 6.61 Å². The minimum absolute atomic E-state index is 0.155. The van der Waals surface area contributed by atoms with Gasteiger partial charge in [-0.15, -0.1) is 0 Å². The van der Waals surface area contributed by atoms with Gasteiger partial charge in [0.2, 0.25) is 0 Å². The standard InChI is InChI=1S/C14H18O3/c1-2-3-6-11-17-14(16)10-9-12-7-4-5-8-13(12)15/h4-5,7-10,15H,2-3,6,11H2,1H3. The van der Waals surface area contributed by atoms with Gasteiger partial charge in [0, 0.05) is 11.6 Å². The second-order valence-corrected chi connectivity index (χ2v) is 3.77. The van der Waals surface area contributed by atoms with Crippen LogP contribution in [0.5, 0.6) is 5.75 Å². The van der Waals surface area contributed by atoms with Crippen molar-refractivity contribution < 1.29 is 14.6 Å². The molecule has 0 heterocycles. The van der Waals surface area contributed by atoms with Gasteiger partial charge in [-0.05, 0) is 18.6 Å². The highest BCUT2D eigenvalue weighted by atomic mass is 16.5. The summed E-state index contributed by atoms with van der Waals surface area (Å²) in [6.07, 6.45) is 5.95. The number of carbonyl (C=O) groups is 1. The molecule has 1 aromatic rings. The summed E-state index contributed by atoms with van der Waals surface area (Å²) in [5.74, 6) is -0.216. The van der Waals surface area contributed by atoms with E-state index in [-0.39, 0.29) is 11.7 Å². The maximum absolute atomic E-state index is 11.3. The number of benzene rings is 1. The molecule has 0 saturated carbocycles. The van der Waals surface area contributed by atoms with Crippen LogP contribution in [0.3, 0.4) is 0 Å². The summed E-state index contributed by atoms with van der Waals surface area (Å²) in [6.45, 7) is 2.55. The minimum atomic E-state index is -0.371. The van der Waals surface area contributed by atoms with Crippen LogP contribution in [0.2, 0.25) is 0 Å². The highest BCUT2D eigenvalue weighted by molar-refractivity contribution is 5.87. The van der Waals surface area contributed by atoms with Crippen LogP contribution >= 0.6 is 0 Å². The molecule has 3 heteroatoms. The zero-order valence-electron chi connectivity index (χ0n) is 10.1. The Morgan fingerprint density at radius 1 is 1.35 bits per heavy atom. The van der Waals surface area contributed by atoms with Crippen LogP contribution in [0, 0.1) is 0 Å². The van der Waals surface area contributed by atoms with E-state index < -0.39 is 0 Å². The zero-order chi connectivity index (χ0) is 12.5. The van der Waals surface area contributed by atoms with Gasteiger partial charge in [0.1, 0.15) is 5.75 Å². The van der Waals surface area contributed by atoms with Gasteiger partial charge in [-0.25, -0.2) is 4.79 Å². The van der Waals surface area contributed by atoms with Gasteiger partial charge in [-0.3, -0.25) is 0 Å². The zero-order valence-corrected chi connectivity index (χ0v) is 10.1. The molecule has 0 saturated heterocycles. The molecule has 0 aliphatic carbocycles. The van der Waals surface area contributed by atoms with Crippen molar-refractivity contribution in [3.63, 3.8) is 0 Å². The summed E-state index contributed by atoms with van der Waals surface area (Å²) in [7, 11) is 0. The molecule has 3 nitrogen and oxygen atoms in total. The Kier molecular flexibility index (Phi) is 5.86. The first kappa shape index (κ1) is 13.3. The van der Waals surface area contributed by atoms with E-state index in [0.29, 0.717) is 12.2 Å². The third kappa shape index (κ3) is 5.20. The molecular weight excluding hydrogens is 216 g/mol. The summed E-state index contributed by atoms with van der Waals surface area (Å²) in [5.41, 5.74) is 0.609. The van der Waals surface area contributed by atoms with E-state index >= 15 is 0 Å². The predicted octanol–water partition coefficient (Wildman–Crippen LogP) is 3.14. The number of phenolic OH excluding ortho intramolecular Hbond substituents is 1. The topological polar surface area (TPSA) is 46.5 Å². The van der Waals surface area contributed by atoms with E-state index in [2.05, 4.69) is 6.92 Å². The quantitative estimate of drug-likeness (QED) is 0.467. The summed E-state index contributed by atoms with van der Waals surface area (Å²) in [4.78, 5) is 11.3. The molecule has 1 aromatic carbocycles. The van der Waals surface area contributed by atoms with Crippen LogP contribution in [0.25, 0.3) is 6.08 Å². The summed E-state index contributed by atoms with van der Waals surface area (Å²) in [6, 6.07) is 6.84. The van der Waals surface area contributed by atoms with Crippen LogP contribution < -0.4 is 0 Å². The van der Waals surface area contributed by atoms with Crippen molar-refractivity contribution in [2.75, 3.05) is 6.61 Å². The number of esters is 1. The van der Waals surface area contributed by atoms with Crippen molar-refractivity contribution in [2.45, 2.75) is 26.2 Å². The molecule has 1 N–H and O–H groups in total. The van der Waals surface area contributed by atoms with Crippen molar-refractivity contribution in [3.8, 4) is 5.75 Å². The van der Waals surface area contributed by atoms with Crippen LogP contribution in [-0.2, 0) is 9.53 Å². The van der Waals surface area contributed by atoms with Crippen LogP contribution in [-0.4, -0.2) is 17.7 Å². The molecule has 0 atom stereocenters. The average molecular weight is 234 g/mol. The monoisotopic (exact) mass is 234 g/mol. The smallest absolute Gasteiger partial charge is 0.330 e. The molecule has 0 aliphatic heterocycles. The number of para-hydroxylation sites is 1. The maximum Gasteiger partial charge on any atom is 0.330 e. The number of hydrogen-bond acceptors (Lipinski definition) is 3. The molecule has 0 spiro atoms. The molecule has 0 unspecified atom stereocenters. The number of ether oxygens (including phenoxy) is 1. The van der Waals surface area contributed by atoms with Gasteiger partial charge in [-0.1, -0.05) is 38.0 Å². The Labute approximate surface area is 102 Å². The summed E-state index contributed by atoms with van der Waals surface area (Å²) < 4.78 is 5.00. The number of aromatic hydroxyl groups is 1. The first-order valence-corrected chi connectivity index (χ1v) is 5.87. The van der Waals surface area contributed by atoms with E-state index in [9.17, 15) is 9.90 Å².